The lowest BCUT2D eigenvalue weighted by atomic mass is 10.1. The van der Waals surface area contributed by atoms with Gasteiger partial charge in [-0.05, 0) is 39.4 Å². The zero-order chi connectivity index (χ0) is 15.8. The van der Waals surface area contributed by atoms with Crippen molar-refractivity contribution in [2.75, 3.05) is 20.2 Å². The number of benzene rings is 1. The summed E-state index contributed by atoms with van der Waals surface area (Å²) in [5.41, 5.74) is 0.988. The third-order valence-electron chi connectivity index (χ3n) is 3.42. The summed E-state index contributed by atoms with van der Waals surface area (Å²) in [7, 11) is 1.94. The molecule has 116 valence electrons. The van der Waals surface area contributed by atoms with E-state index in [2.05, 4.69) is 4.90 Å². The van der Waals surface area contributed by atoms with E-state index in [-0.39, 0.29) is 17.7 Å². The maximum absolute atomic E-state index is 11.3. The van der Waals surface area contributed by atoms with Crippen molar-refractivity contribution in [1.29, 1.82) is 0 Å². The van der Waals surface area contributed by atoms with Crippen molar-refractivity contribution in [1.82, 2.24) is 4.90 Å². The summed E-state index contributed by atoms with van der Waals surface area (Å²) in [6.07, 6.45) is 1.09. The fourth-order valence-corrected chi connectivity index (χ4v) is 2.05. The Bertz CT molecular complexity index is 490. The van der Waals surface area contributed by atoms with E-state index >= 15 is 0 Å². The van der Waals surface area contributed by atoms with E-state index in [1.807, 2.05) is 20.0 Å². The zero-order valence-electron chi connectivity index (χ0n) is 12.7. The molecule has 0 bridgehead atoms. The minimum atomic E-state index is -0.392. The van der Waals surface area contributed by atoms with E-state index in [4.69, 9.17) is 4.74 Å². The molecule has 1 unspecified atom stereocenters. The number of carbonyl (C=O) groups is 1. The molecule has 0 N–H and O–H groups in total. The van der Waals surface area contributed by atoms with E-state index < -0.39 is 4.92 Å². The number of non-ortho nitro benzene ring substituents is 1. The molecule has 1 aromatic carbocycles. The van der Waals surface area contributed by atoms with Crippen LogP contribution < -0.4 is 0 Å². The zero-order valence-corrected chi connectivity index (χ0v) is 12.7. The van der Waals surface area contributed by atoms with E-state index in [1.165, 1.54) is 6.07 Å². The monoisotopic (exact) mass is 294 g/mol. The first-order chi connectivity index (χ1) is 9.95. The van der Waals surface area contributed by atoms with Crippen molar-refractivity contribution < 1.29 is 14.5 Å². The third-order valence-corrected chi connectivity index (χ3v) is 3.42. The maximum atomic E-state index is 11.3. The Morgan fingerprint density at radius 3 is 2.81 bits per heavy atom. The number of carbonyl (C=O) groups excluding carboxylic acids is 1. The van der Waals surface area contributed by atoms with Gasteiger partial charge in [0, 0.05) is 24.6 Å². The van der Waals surface area contributed by atoms with E-state index in [9.17, 15) is 14.9 Å². The number of ether oxygens (including phenoxy) is 1. The van der Waals surface area contributed by atoms with Gasteiger partial charge in [0.05, 0.1) is 11.5 Å². The SMILES string of the molecule is CCOC(=O)CCCN(C)C(C)c1cccc([N+](=O)[O-])c1. The van der Waals surface area contributed by atoms with Crippen molar-refractivity contribution >= 4 is 11.7 Å². The Labute approximate surface area is 124 Å². The molecule has 0 spiro atoms. The van der Waals surface area contributed by atoms with Gasteiger partial charge in [0.25, 0.3) is 5.69 Å². The third kappa shape index (κ3) is 5.51. The van der Waals surface area contributed by atoms with Gasteiger partial charge in [-0.2, -0.15) is 0 Å². The standard InChI is InChI=1S/C15H22N2O4/c1-4-21-15(18)9-6-10-16(3)12(2)13-7-5-8-14(11-13)17(19)20/h5,7-8,11-12H,4,6,9-10H2,1-3H3. The van der Waals surface area contributed by atoms with Gasteiger partial charge in [0.15, 0.2) is 0 Å². The van der Waals surface area contributed by atoms with Gasteiger partial charge in [0.1, 0.15) is 0 Å². The summed E-state index contributed by atoms with van der Waals surface area (Å²) in [5, 5.41) is 10.8. The fourth-order valence-electron chi connectivity index (χ4n) is 2.05. The van der Waals surface area contributed by atoms with Crippen LogP contribution in [0.5, 0.6) is 0 Å². The smallest absolute Gasteiger partial charge is 0.305 e. The summed E-state index contributed by atoms with van der Waals surface area (Å²) in [6.45, 7) is 4.90. The van der Waals surface area contributed by atoms with Crippen LogP contribution in [0.2, 0.25) is 0 Å². The van der Waals surface area contributed by atoms with Crippen molar-refractivity contribution in [3.8, 4) is 0 Å². The van der Waals surface area contributed by atoms with Gasteiger partial charge in [-0.1, -0.05) is 12.1 Å². The van der Waals surface area contributed by atoms with Crippen LogP contribution in [0, 0.1) is 10.1 Å². The minimum Gasteiger partial charge on any atom is -0.466 e. The average molecular weight is 294 g/mol. The molecular formula is C15H22N2O4. The van der Waals surface area contributed by atoms with E-state index in [1.54, 1.807) is 19.1 Å². The second kappa shape index (κ2) is 8.36. The molecule has 0 saturated carbocycles. The van der Waals surface area contributed by atoms with Crippen molar-refractivity contribution in [3.63, 3.8) is 0 Å². The lowest BCUT2D eigenvalue weighted by Gasteiger charge is -2.24. The molecular weight excluding hydrogens is 272 g/mol. The molecule has 0 amide bonds. The molecule has 0 aromatic heterocycles. The lowest BCUT2D eigenvalue weighted by Crippen LogP contribution is -2.24. The maximum Gasteiger partial charge on any atom is 0.305 e. The van der Waals surface area contributed by atoms with Crippen LogP contribution in [0.15, 0.2) is 24.3 Å². The topological polar surface area (TPSA) is 72.7 Å². The van der Waals surface area contributed by atoms with Gasteiger partial charge in [-0.3, -0.25) is 19.8 Å². The second-order valence-corrected chi connectivity index (χ2v) is 4.92. The molecule has 0 aliphatic carbocycles. The van der Waals surface area contributed by atoms with Gasteiger partial charge >= 0.3 is 5.97 Å². The van der Waals surface area contributed by atoms with Crippen LogP contribution in [0.25, 0.3) is 0 Å². The Kier molecular flexibility index (Phi) is 6.81. The molecule has 6 nitrogen and oxygen atoms in total. The predicted molar refractivity (Wildman–Crippen MR) is 80.0 cm³/mol. The van der Waals surface area contributed by atoms with E-state index in [0.29, 0.717) is 19.4 Å². The Hall–Kier alpha value is -1.95. The Morgan fingerprint density at radius 2 is 2.19 bits per heavy atom. The van der Waals surface area contributed by atoms with Gasteiger partial charge < -0.3 is 4.74 Å². The highest BCUT2D eigenvalue weighted by molar-refractivity contribution is 5.69. The number of nitro groups is 1. The largest absolute Gasteiger partial charge is 0.466 e. The molecule has 0 heterocycles. The highest BCUT2D eigenvalue weighted by Crippen LogP contribution is 2.23. The molecule has 1 rings (SSSR count). The molecule has 0 fully saturated rings. The first-order valence-corrected chi connectivity index (χ1v) is 7.06. The molecule has 1 aromatic rings. The predicted octanol–water partition coefficient (Wildman–Crippen LogP) is 2.93. The molecule has 21 heavy (non-hydrogen) atoms. The first kappa shape index (κ1) is 17.1. The van der Waals surface area contributed by atoms with Crippen LogP contribution >= 0.6 is 0 Å². The highest BCUT2D eigenvalue weighted by Gasteiger charge is 2.15. The summed E-state index contributed by atoms with van der Waals surface area (Å²) in [5.74, 6) is -0.186. The second-order valence-electron chi connectivity index (χ2n) is 4.92. The molecule has 0 aliphatic rings. The lowest BCUT2D eigenvalue weighted by molar-refractivity contribution is -0.384. The number of rotatable bonds is 8. The van der Waals surface area contributed by atoms with Crippen LogP contribution in [-0.2, 0) is 9.53 Å². The number of hydrogen-bond acceptors (Lipinski definition) is 5. The molecule has 0 saturated heterocycles. The first-order valence-electron chi connectivity index (χ1n) is 7.06. The van der Waals surface area contributed by atoms with E-state index in [0.717, 1.165) is 12.1 Å². The molecule has 0 aliphatic heterocycles. The van der Waals surface area contributed by atoms with Crippen LogP contribution in [0.3, 0.4) is 0 Å². The van der Waals surface area contributed by atoms with Crippen LogP contribution in [0.1, 0.15) is 38.3 Å². The number of esters is 1. The molecule has 1 atom stereocenters. The quantitative estimate of drug-likeness (QED) is 0.419. The van der Waals surface area contributed by atoms with Crippen molar-refractivity contribution in [2.24, 2.45) is 0 Å². The summed E-state index contributed by atoms with van der Waals surface area (Å²) in [4.78, 5) is 23.7. The van der Waals surface area contributed by atoms with Crippen LogP contribution in [0.4, 0.5) is 5.69 Å². The number of nitrogens with zero attached hydrogens (tertiary/aromatic N) is 2. The van der Waals surface area contributed by atoms with Crippen LogP contribution in [-0.4, -0.2) is 36.0 Å². The van der Waals surface area contributed by atoms with Gasteiger partial charge in [-0.25, -0.2) is 0 Å². The molecule has 6 heteroatoms. The summed E-state index contributed by atoms with van der Waals surface area (Å²) in [6, 6.07) is 6.69. The fraction of sp³-hybridized carbons (Fsp3) is 0.533. The van der Waals surface area contributed by atoms with Gasteiger partial charge in [0.2, 0.25) is 0 Å². The average Bonchev–Trinajstić information content (AvgIpc) is 2.46. The number of nitro benzene ring substituents is 1. The summed E-state index contributed by atoms with van der Waals surface area (Å²) >= 11 is 0. The molecule has 0 radical (unpaired) electrons. The normalized spacial score (nSPS) is 12.2. The Balaban J connectivity index is 2.54. The Morgan fingerprint density at radius 1 is 1.48 bits per heavy atom. The van der Waals surface area contributed by atoms with Crippen molar-refractivity contribution in [3.05, 3.63) is 39.9 Å². The van der Waals surface area contributed by atoms with Gasteiger partial charge in [-0.15, -0.1) is 0 Å². The minimum absolute atomic E-state index is 0.0482. The number of hydrogen-bond donors (Lipinski definition) is 0. The highest BCUT2D eigenvalue weighted by atomic mass is 16.6. The summed E-state index contributed by atoms with van der Waals surface area (Å²) < 4.78 is 4.88. The van der Waals surface area contributed by atoms with Crippen molar-refractivity contribution in [2.45, 2.75) is 32.7 Å².